The van der Waals surface area contributed by atoms with Crippen molar-refractivity contribution in [2.24, 2.45) is 0 Å². The second-order valence-electron chi connectivity index (χ2n) is 20.1. The molecule has 11 aromatic carbocycles. The Labute approximate surface area is 417 Å². The lowest BCUT2D eigenvalue weighted by molar-refractivity contribution is 0.630. The van der Waals surface area contributed by atoms with Crippen molar-refractivity contribution >= 4 is 65.4 Å². The van der Waals surface area contributed by atoms with E-state index in [2.05, 4.69) is 276 Å². The first-order valence-corrected chi connectivity index (χ1v) is 25.1. The standard InChI is InChI=1S/C69H47N3/c1-69(2)60-25-15-16-26-67(60)72-66-36-31-52(70-62-32-27-48(44-17-7-3-8-18-44)37-54(62)55-38-49(28-33-63(55)70)45-19-9-4-10-20-45)41-58(66)59-42-53(43-61(69)68(59)72)71-64-34-29-50(46-21-11-5-12-22-46)39-56(64)57-40-51(30-35-65(57)71)47-23-13-6-14-24-47/h3-43H,1-2H3. The van der Waals surface area contributed by atoms with Crippen molar-refractivity contribution < 1.29 is 0 Å². The van der Waals surface area contributed by atoms with Crippen LogP contribution in [0.4, 0.5) is 0 Å². The van der Waals surface area contributed by atoms with E-state index in [4.69, 9.17) is 0 Å². The fraction of sp³-hybridized carbons (Fsp3) is 0.0435. The normalized spacial score (nSPS) is 13.0. The first-order valence-electron chi connectivity index (χ1n) is 25.1. The molecule has 0 saturated heterocycles. The molecule has 3 nitrogen and oxygen atoms in total. The smallest absolute Gasteiger partial charge is 0.0583 e. The molecule has 14 aromatic rings. The maximum atomic E-state index is 2.54. The SMILES string of the molecule is CC1(C)c2ccccc2-n2c3ccc(-n4c5ccc(-c6ccccc6)cc5c5cc(-c6ccccc6)ccc54)cc3c3cc(-n4c5ccc(-c6ccccc6)cc5c5cc(-c6ccccc6)ccc54)cc1c32. The van der Waals surface area contributed by atoms with Crippen LogP contribution in [0.15, 0.2) is 249 Å². The fourth-order valence-electron chi connectivity index (χ4n) is 12.3. The van der Waals surface area contributed by atoms with Crippen LogP contribution in [0.1, 0.15) is 25.0 Å². The average Bonchev–Trinajstić information content (AvgIpc) is 4.08. The number of hydrogen-bond acceptors (Lipinski definition) is 0. The van der Waals surface area contributed by atoms with E-state index in [-0.39, 0.29) is 5.41 Å². The number of benzene rings is 11. The first kappa shape index (κ1) is 40.7. The molecule has 338 valence electrons. The summed E-state index contributed by atoms with van der Waals surface area (Å²) in [6.07, 6.45) is 0. The van der Waals surface area contributed by atoms with Gasteiger partial charge in [-0.2, -0.15) is 0 Å². The van der Waals surface area contributed by atoms with Crippen molar-refractivity contribution in [3.8, 4) is 61.6 Å². The van der Waals surface area contributed by atoms with E-state index in [1.807, 2.05) is 0 Å². The summed E-state index contributed by atoms with van der Waals surface area (Å²) in [5, 5.41) is 7.43. The van der Waals surface area contributed by atoms with Gasteiger partial charge in [0.15, 0.2) is 0 Å². The molecule has 0 spiro atoms. The molecule has 0 bridgehead atoms. The minimum Gasteiger partial charge on any atom is -0.309 e. The van der Waals surface area contributed by atoms with Gasteiger partial charge in [0.05, 0.1) is 38.8 Å². The van der Waals surface area contributed by atoms with Gasteiger partial charge in [-0.3, -0.25) is 0 Å². The van der Waals surface area contributed by atoms with Crippen LogP contribution in [0.25, 0.3) is 127 Å². The number of para-hydroxylation sites is 1. The second kappa shape index (κ2) is 15.4. The molecule has 0 saturated carbocycles. The Morgan fingerprint density at radius 1 is 0.250 bits per heavy atom. The Morgan fingerprint density at radius 2 is 0.597 bits per heavy atom. The van der Waals surface area contributed by atoms with Crippen molar-refractivity contribution in [2.75, 3.05) is 0 Å². The highest BCUT2D eigenvalue weighted by Gasteiger charge is 2.36. The van der Waals surface area contributed by atoms with E-state index < -0.39 is 0 Å². The molecule has 0 amide bonds. The van der Waals surface area contributed by atoms with Gasteiger partial charge < -0.3 is 13.7 Å². The maximum absolute atomic E-state index is 2.54. The highest BCUT2D eigenvalue weighted by Crippen LogP contribution is 2.50. The van der Waals surface area contributed by atoms with Gasteiger partial charge in [0, 0.05) is 49.1 Å². The Balaban J connectivity index is 1.01. The van der Waals surface area contributed by atoms with Crippen LogP contribution in [0.3, 0.4) is 0 Å². The van der Waals surface area contributed by atoms with Crippen molar-refractivity contribution in [2.45, 2.75) is 19.3 Å². The number of aromatic nitrogens is 3. The second-order valence-corrected chi connectivity index (χ2v) is 20.1. The Morgan fingerprint density at radius 3 is 1.04 bits per heavy atom. The molecular weight excluding hydrogens is 871 g/mol. The highest BCUT2D eigenvalue weighted by molar-refractivity contribution is 6.16. The summed E-state index contributed by atoms with van der Waals surface area (Å²) in [6.45, 7) is 4.82. The number of hydrogen-bond donors (Lipinski definition) is 0. The van der Waals surface area contributed by atoms with Gasteiger partial charge in [0.1, 0.15) is 0 Å². The lowest BCUT2D eigenvalue weighted by Gasteiger charge is -2.35. The van der Waals surface area contributed by atoms with Gasteiger partial charge in [-0.15, -0.1) is 0 Å². The first-order chi connectivity index (χ1) is 35.5. The van der Waals surface area contributed by atoms with Crippen LogP contribution in [0, 0.1) is 0 Å². The zero-order valence-corrected chi connectivity index (χ0v) is 40.0. The Kier molecular flexibility index (Phi) is 8.71. The number of fused-ring (bicyclic) bond motifs is 11. The molecule has 1 aliphatic rings. The molecule has 3 aromatic heterocycles. The summed E-state index contributed by atoms with van der Waals surface area (Å²) >= 11 is 0. The topological polar surface area (TPSA) is 14.8 Å². The van der Waals surface area contributed by atoms with Crippen molar-refractivity contribution in [1.82, 2.24) is 13.7 Å². The lowest BCUT2D eigenvalue weighted by Crippen LogP contribution is -2.26. The van der Waals surface area contributed by atoms with E-state index in [1.165, 1.54) is 127 Å². The molecule has 0 unspecified atom stereocenters. The van der Waals surface area contributed by atoms with Crippen molar-refractivity contribution in [3.05, 3.63) is 260 Å². The number of rotatable bonds is 6. The predicted octanol–water partition coefficient (Wildman–Crippen LogP) is 18.3. The van der Waals surface area contributed by atoms with Gasteiger partial charge in [-0.25, -0.2) is 0 Å². The lowest BCUT2D eigenvalue weighted by atomic mass is 9.74. The molecule has 0 aliphatic carbocycles. The average molecular weight is 918 g/mol. The molecular formula is C69H47N3. The van der Waals surface area contributed by atoms with Crippen LogP contribution >= 0.6 is 0 Å². The zero-order chi connectivity index (χ0) is 47.7. The van der Waals surface area contributed by atoms with Gasteiger partial charge in [-0.05, 0) is 141 Å². The molecule has 0 atom stereocenters. The minimum absolute atomic E-state index is 0.280. The van der Waals surface area contributed by atoms with Crippen molar-refractivity contribution in [3.63, 3.8) is 0 Å². The number of nitrogens with zero attached hydrogens (tertiary/aromatic N) is 3. The third kappa shape index (κ3) is 5.98. The highest BCUT2D eigenvalue weighted by atomic mass is 15.0. The fourth-order valence-corrected chi connectivity index (χ4v) is 12.3. The van der Waals surface area contributed by atoms with Crippen LogP contribution < -0.4 is 0 Å². The zero-order valence-electron chi connectivity index (χ0n) is 40.0. The van der Waals surface area contributed by atoms with Gasteiger partial charge >= 0.3 is 0 Å². The monoisotopic (exact) mass is 917 g/mol. The predicted molar refractivity (Wildman–Crippen MR) is 303 cm³/mol. The molecule has 0 fully saturated rings. The van der Waals surface area contributed by atoms with Gasteiger partial charge in [-0.1, -0.05) is 178 Å². The molecule has 4 heterocycles. The Hall–Kier alpha value is -9.18. The third-order valence-electron chi connectivity index (χ3n) is 15.8. The molecule has 72 heavy (non-hydrogen) atoms. The summed E-state index contributed by atoms with van der Waals surface area (Å²) in [6, 6.07) is 92.3. The minimum atomic E-state index is -0.280. The molecule has 3 heteroatoms. The van der Waals surface area contributed by atoms with E-state index >= 15 is 0 Å². The van der Waals surface area contributed by atoms with Crippen LogP contribution in [-0.2, 0) is 5.41 Å². The van der Waals surface area contributed by atoms with E-state index in [0.717, 1.165) is 11.4 Å². The van der Waals surface area contributed by atoms with Gasteiger partial charge in [0.25, 0.3) is 0 Å². The Bertz CT molecular complexity index is 4300. The molecule has 0 N–H and O–H groups in total. The summed E-state index contributed by atoms with van der Waals surface area (Å²) in [5.41, 5.74) is 22.8. The van der Waals surface area contributed by atoms with Gasteiger partial charge in [0.2, 0.25) is 0 Å². The summed E-state index contributed by atoms with van der Waals surface area (Å²) in [7, 11) is 0. The summed E-state index contributed by atoms with van der Waals surface area (Å²) in [5.74, 6) is 0. The van der Waals surface area contributed by atoms with Crippen molar-refractivity contribution in [1.29, 1.82) is 0 Å². The van der Waals surface area contributed by atoms with Crippen LogP contribution in [0.2, 0.25) is 0 Å². The van der Waals surface area contributed by atoms with Crippen LogP contribution in [-0.4, -0.2) is 13.7 Å². The summed E-state index contributed by atoms with van der Waals surface area (Å²) < 4.78 is 7.55. The molecule has 1 aliphatic heterocycles. The largest absolute Gasteiger partial charge is 0.309 e. The summed E-state index contributed by atoms with van der Waals surface area (Å²) in [4.78, 5) is 0. The third-order valence-corrected chi connectivity index (χ3v) is 15.8. The quantitative estimate of drug-likeness (QED) is 0.158. The van der Waals surface area contributed by atoms with E-state index in [0.29, 0.717) is 0 Å². The molecule has 0 radical (unpaired) electrons. The van der Waals surface area contributed by atoms with Crippen LogP contribution in [0.5, 0.6) is 0 Å². The van der Waals surface area contributed by atoms with E-state index in [1.54, 1.807) is 0 Å². The maximum Gasteiger partial charge on any atom is 0.0583 e. The molecule has 15 rings (SSSR count). The van der Waals surface area contributed by atoms with E-state index in [9.17, 15) is 0 Å².